The third kappa shape index (κ3) is 5.75. The van der Waals surface area contributed by atoms with Crippen LogP contribution in [0, 0.1) is 5.92 Å². The van der Waals surface area contributed by atoms with Gasteiger partial charge in [-0.3, -0.25) is 9.59 Å². The van der Waals surface area contributed by atoms with Gasteiger partial charge in [0.25, 0.3) is 5.91 Å². The zero-order valence-electron chi connectivity index (χ0n) is 18.6. The van der Waals surface area contributed by atoms with Crippen LogP contribution in [-0.4, -0.2) is 72.6 Å². The molecular weight excluding hydrogens is 451 g/mol. The normalized spacial score (nSPS) is 17.6. The summed E-state index contributed by atoms with van der Waals surface area (Å²) < 4.78 is 44.2. The van der Waals surface area contributed by atoms with Crippen LogP contribution in [0.4, 0.5) is 24.8 Å². The van der Waals surface area contributed by atoms with Crippen LogP contribution in [0.2, 0.25) is 0 Å². The Morgan fingerprint density at radius 2 is 1.62 bits per heavy atom. The van der Waals surface area contributed by atoms with Crippen LogP contribution in [0.15, 0.2) is 42.7 Å². The number of benzene rings is 1. The number of amides is 1. The van der Waals surface area contributed by atoms with Crippen molar-refractivity contribution in [2.75, 3.05) is 55.7 Å². The van der Waals surface area contributed by atoms with Crippen molar-refractivity contribution in [3.63, 3.8) is 0 Å². The Hall–Kier alpha value is -3.37. The summed E-state index contributed by atoms with van der Waals surface area (Å²) in [7, 11) is 0. The van der Waals surface area contributed by atoms with Gasteiger partial charge in [0.15, 0.2) is 6.61 Å². The Morgan fingerprint density at radius 3 is 2.26 bits per heavy atom. The number of esters is 1. The van der Waals surface area contributed by atoms with Crippen molar-refractivity contribution in [1.82, 2.24) is 14.9 Å². The molecule has 4 rings (SSSR count). The topological polar surface area (TPSA) is 78.9 Å². The van der Waals surface area contributed by atoms with E-state index in [-0.39, 0.29) is 24.4 Å². The van der Waals surface area contributed by atoms with Gasteiger partial charge in [-0.05, 0) is 37.1 Å². The average molecular weight is 477 g/mol. The summed E-state index contributed by atoms with van der Waals surface area (Å²) in [5.74, 6) is -0.323. The summed E-state index contributed by atoms with van der Waals surface area (Å²) in [5.41, 5.74) is -0.224. The van der Waals surface area contributed by atoms with E-state index in [9.17, 15) is 22.8 Å². The molecule has 2 aromatic rings. The standard InChI is InChI=1S/C23H26F3N5O3/c24-23(25,26)18-3-1-4-19(15-18)29-11-13-30(14-12-29)20(32)16-34-21(33)17-5-9-31(10-6-17)22-27-7-2-8-28-22/h1-4,7-8,15,17H,5-6,9-14,16H2. The number of alkyl halides is 3. The van der Waals surface area contributed by atoms with Gasteiger partial charge in [-0.2, -0.15) is 13.2 Å². The molecule has 11 heteroatoms. The number of carbonyl (C=O) groups excluding carboxylic acids is 2. The number of piperazine rings is 1. The highest BCUT2D eigenvalue weighted by molar-refractivity contribution is 5.81. The maximum absolute atomic E-state index is 13.0. The van der Waals surface area contributed by atoms with E-state index >= 15 is 0 Å². The number of rotatable bonds is 5. The molecule has 0 N–H and O–H groups in total. The quantitative estimate of drug-likeness (QED) is 0.613. The first-order valence-electron chi connectivity index (χ1n) is 11.2. The maximum atomic E-state index is 13.0. The van der Waals surface area contributed by atoms with Crippen LogP contribution in [0.25, 0.3) is 0 Å². The van der Waals surface area contributed by atoms with E-state index < -0.39 is 11.7 Å². The molecule has 0 radical (unpaired) electrons. The molecule has 0 spiro atoms. The fraction of sp³-hybridized carbons (Fsp3) is 0.478. The fourth-order valence-electron chi connectivity index (χ4n) is 4.20. The molecule has 1 aromatic carbocycles. The molecule has 0 unspecified atom stereocenters. The SMILES string of the molecule is O=C(OCC(=O)N1CCN(c2cccc(C(F)(F)F)c2)CC1)C1CCN(c2ncccn2)CC1. The van der Waals surface area contributed by atoms with Crippen molar-refractivity contribution in [2.24, 2.45) is 5.92 Å². The lowest BCUT2D eigenvalue weighted by molar-refractivity contribution is -0.156. The van der Waals surface area contributed by atoms with Crippen molar-refractivity contribution in [1.29, 1.82) is 0 Å². The first kappa shape index (κ1) is 23.8. The number of halogens is 3. The van der Waals surface area contributed by atoms with E-state index in [1.54, 1.807) is 29.4 Å². The second-order valence-electron chi connectivity index (χ2n) is 8.33. The highest BCUT2D eigenvalue weighted by atomic mass is 19.4. The number of carbonyl (C=O) groups is 2. The molecule has 34 heavy (non-hydrogen) atoms. The maximum Gasteiger partial charge on any atom is 0.416 e. The fourth-order valence-corrected chi connectivity index (χ4v) is 4.20. The van der Waals surface area contributed by atoms with Gasteiger partial charge in [0.05, 0.1) is 11.5 Å². The Morgan fingerprint density at radius 1 is 0.941 bits per heavy atom. The average Bonchev–Trinajstić information content (AvgIpc) is 2.87. The predicted octanol–water partition coefficient (Wildman–Crippen LogP) is 2.60. The molecule has 3 heterocycles. The molecule has 8 nitrogen and oxygen atoms in total. The van der Waals surface area contributed by atoms with E-state index in [1.807, 2.05) is 9.80 Å². The zero-order valence-corrected chi connectivity index (χ0v) is 18.6. The van der Waals surface area contributed by atoms with Crippen molar-refractivity contribution < 1.29 is 27.5 Å². The number of piperidine rings is 1. The first-order chi connectivity index (χ1) is 16.3. The molecule has 0 bridgehead atoms. The molecule has 2 aliphatic rings. The molecule has 182 valence electrons. The van der Waals surface area contributed by atoms with Crippen LogP contribution < -0.4 is 9.80 Å². The summed E-state index contributed by atoms with van der Waals surface area (Å²) in [6.45, 7) is 2.45. The monoisotopic (exact) mass is 477 g/mol. The third-order valence-corrected chi connectivity index (χ3v) is 6.17. The summed E-state index contributed by atoms with van der Waals surface area (Å²) in [4.78, 5) is 38.8. The van der Waals surface area contributed by atoms with Crippen LogP contribution in [0.1, 0.15) is 18.4 Å². The van der Waals surface area contributed by atoms with Gasteiger partial charge in [0.1, 0.15) is 0 Å². The van der Waals surface area contributed by atoms with Crippen molar-refractivity contribution >= 4 is 23.5 Å². The van der Waals surface area contributed by atoms with Crippen molar-refractivity contribution in [3.05, 3.63) is 48.3 Å². The smallest absolute Gasteiger partial charge is 0.416 e. The summed E-state index contributed by atoms with van der Waals surface area (Å²) in [5, 5.41) is 0. The first-order valence-corrected chi connectivity index (χ1v) is 11.2. The number of aromatic nitrogens is 2. The third-order valence-electron chi connectivity index (χ3n) is 6.17. The van der Waals surface area contributed by atoms with E-state index in [1.165, 1.54) is 6.07 Å². The molecule has 0 atom stereocenters. The van der Waals surface area contributed by atoms with Gasteiger partial charge in [-0.25, -0.2) is 9.97 Å². The Balaban J connectivity index is 1.20. The largest absolute Gasteiger partial charge is 0.455 e. The van der Waals surface area contributed by atoms with Crippen LogP contribution in [0.3, 0.4) is 0 Å². The second kappa shape index (κ2) is 10.3. The summed E-state index contributed by atoms with van der Waals surface area (Å²) >= 11 is 0. The lowest BCUT2D eigenvalue weighted by Gasteiger charge is -2.36. The highest BCUT2D eigenvalue weighted by Crippen LogP contribution is 2.32. The molecule has 2 fully saturated rings. The second-order valence-corrected chi connectivity index (χ2v) is 8.33. The minimum absolute atomic E-state index is 0.273. The molecule has 0 aliphatic carbocycles. The minimum atomic E-state index is -4.40. The number of hydrogen-bond acceptors (Lipinski definition) is 7. The zero-order chi connectivity index (χ0) is 24.1. The Kier molecular flexibility index (Phi) is 7.18. The minimum Gasteiger partial charge on any atom is -0.455 e. The van der Waals surface area contributed by atoms with Gasteiger partial charge in [-0.15, -0.1) is 0 Å². The van der Waals surface area contributed by atoms with Crippen LogP contribution >= 0.6 is 0 Å². The molecule has 0 saturated carbocycles. The molecule has 1 amide bonds. The molecule has 1 aromatic heterocycles. The highest BCUT2D eigenvalue weighted by Gasteiger charge is 2.32. The van der Waals surface area contributed by atoms with Crippen LogP contribution in [0.5, 0.6) is 0 Å². The summed E-state index contributed by atoms with van der Waals surface area (Å²) in [6, 6.07) is 6.91. The molecule has 2 aliphatic heterocycles. The Labute approximate surface area is 195 Å². The predicted molar refractivity (Wildman–Crippen MR) is 118 cm³/mol. The van der Waals surface area contributed by atoms with Gasteiger partial charge < -0.3 is 19.4 Å². The molecule has 2 saturated heterocycles. The van der Waals surface area contributed by atoms with Crippen molar-refractivity contribution in [2.45, 2.75) is 19.0 Å². The number of anilines is 2. The van der Waals surface area contributed by atoms with E-state index in [0.29, 0.717) is 63.7 Å². The Bertz CT molecular complexity index is 989. The van der Waals surface area contributed by atoms with Crippen LogP contribution in [-0.2, 0) is 20.5 Å². The number of nitrogens with zero attached hydrogens (tertiary/aromatic N) is 5. The van der Waals surface area contributed by atoms with Gasteiger partial charge >= 0.3 is 12.1 Å². The lowest BCUT2D eigenvalue weighted by atomic mass is 9.97. The van der Waals surface area contributed by atoms with Gasteiger partial charge in [0, 0.05) is 57.3 Å². The van der Waals surface area contributed by atoms with Gasteiger partial charge in [0.2, 0.25) is 5.95 Å². The number of hydrogen-bond donors (Lipinski definition) is 0. The van der Waals surface area contributed by atoms with Crippen molar-refractivity contribution in [3.8, 4) is 0 Å². The molecular formula is C23H26F3N5O3. The van der Waals surface area contributed by atoms with E-state index in [2.05, 4.69) is 9.97 Å². The summed E-state index contributed by atoms with van der Waals surface area (Å²) in [6.07, 6.45) is 0.146. The van der Waals surface area contributed by atoms with Gasteiger partial charge in [-0.1, -0.05) is 6.07 Å². The van der Waals surface area contributed by atoms with E-state index in [4.69, 9.17) is 4.74 Å². The lowest BCUT2D eigenvalue weighted by Crippen LogP contribution is -2.50. The van der Waals surface area contributed by atoms with E-state index in [0.717, 1.165) is 12.1 Å². The number of ether oxygens (including phenoxy) is 1.